The van der Waals surface area contributed by atoms with Gasteiger partial charge in [-0.15, -0.1) is 0 Å². The Kier molecular flexibility index (Phi) is 4.48. The molecule has 2 aromatic carbocycles. The normalized spacial score (nSPS) is 20.4. The van der Waals surface area contributed by atoms with Crippen molar-refractivity contribution in [2.75, 3.05) is 0 Å². The molecule has 0 nitrogen and oxygen atoms in total. The van der Waals surface area contributed by atoms with Gasteiger partial charge in [-0.3, -0.25) is 0 Å². The van der Waals surface area contributed by atoms with E-state index >= 15 is 0 Å². The average molecular weight is 484 g/mol. The van der Waals surface area contributed by atoms with Crippen molar-refractivity contribution < 1.29 is 0 Å². The molecule has 2 aromatic rings. The molecule has 0 aromatic heterocycles. The predicted molar refractivity (Wildman–Crippen MR) is 122 cm³/mol. The van der Waals surface area contributed by atoms with Crippen molar-refractivity contribution in [3.8, 4) is 0 Å². The van der Waals surface area contributed by atoms with Crippen LogP contribution >= 0.6 is 31.9 Å². The van der Waals surface area contributed by atoms with E-state index in [1.54, 1.807) is 27.8 Å². The van der Waals surface area contributed by atoms with Crippen LogP contribution < -0.4 is 0 Å². The highest BCUT2D eigenvalue weighted by atomic mass is 79.9. The maximum absolute atomic E-state index is 3.90. The molecule has 138 valence electrons. The average Bonchev–Trinajstić information content (AvgIpc) is 3.15. The maximum atomic E-state index is 3.90. The molecule has 27 heavy (non-hydrogen) atoms. The summed E-state index contributed by atoms with van der Waals surface area (Å²) in [5.41, 5.74) is 13.9. The molecule has 0 spiro atoms. The van der Waals surface area contributed by atoms with Gasteiger partial charge in [0.1, 0.15) is 0 Å². The number of allylic oxidation sites excluding steroid dienone is 3. The summed E-state index contributed by atoms with van der Waals surface area (Å²) in [6.07, 6.45) is 9.83. The second kappa shape index (κ2) is 6.74. The Balaban J connectivity index is 1.56. The van der Waals surface area contributed by atoms with E-state index < -0.39 is 0 Å². The number of benzene rings is 2. The third-order valence-corrected chi connectivity index (χ3v) is 8.19. The van der Waals surface area contributed by atoms with Crippen LogP contribution in [-0.4, -0.2) is 0 Å². The van der Waals surface area contributed by atoms with Crippen LogP contribution in [0.1, 0.15) is 72.4 Å². The summed E-state index contributed by atoms with van der Waals surface area (Å²) in [6, 6.07) is 9.08. The Morgan fingerprint density at radius 1 is 0.963 bits per heavy atom. The molecule has 0 aliphatic heterocycles. The topological polar surface area (TPSA) is 0 Å². The lowest BCUT2D eigenvalue weighted by atomic mass is 9.83. The quantitative estimate of drug-likeness (QED) is 0.405. The van der Waals surface area contributed by atoms with Gasteiger partial charge >= 0.3 is 0 Å². The van der Waals surface area contributed by atoms with Gasteiger partial charge in [0.15, 0.2) is 0 Å². The van der Waals surface area contributed by atoms with Crippen LogP contribution in [0.4, 0.5) is 0 Å². The minimum absolute atomic E-state index is 0.503. The lowest BCUT2D eigenvalue weighted by Crippen LogP contribution is -2.08. The van der Waals surface area contributed by atoms with Crippen molar-refractivity contribution in [2.45, 2.75) is 58.3 Å². The van der Waals surface area contributed by atoms with Crippen molar-refractivity contribution in [3.05, 3.63) is 77.7 Å². The van der Waals surface area contributed by atoms with E-state index in [2.05, 4.69) is 76.0 Å². The van der Waals surface area contributed by atoms with E-state index in [1.807, 2.05) is 0 Å². The number of fused-ring (bicyclic) bond motifs is 4. The minimum atomic E-state index is 0.503. The van der Waals surface area contributed by atoms with Crippen molar-refractivity contribution in [1.29, 1.82) is 0 Å². The van der Waals surface area contributed by atoms with E-state index in [-0.39, 0.29) is 0 Å². The molecular weight excluding hydrogens is 460 g/mol. The first kappa shape index (κ1) is 17.9. The first-order valence-corrected chi connectivity index (χ1v) is 11.6. The van der Waals surface area contributed by atoms with Crippen molar-refractivity contribution >= 4 is 43.5 Å². The van der Waals surface area contributed by atoms with Gasteiger partial charge in [0, 0.05) is 14.9 Å². The molecule has 2 heteroatoms. The zero-order valence-electron chi connectivity index (χ0n) is 16.0. The molecule has 0 radical (unpaired) electrons. The van der Waals surface area contributed by atoms with Crippen LogP contribution in [0.2, 0.25) is 0 Å². The van der Waals surface area contributed by atoms with Gasteiger partial charge < -0.3 is 0 Å². The highest BCUT2D eigenvalue weighted by Gasteiger charge is 2.31. The van der Waals surface area contributed by atoms with Gasteiger partial charge in [-0.05, 0) is 103 Å². The zero-order chi connectivity index (χ0) is 18.7. The summed E-state index contributed by atoms with van der Waals surface area (Å²) in [6.45, 7) is 4.65. The molecule has 0 amide bonds. The lowest BCUT2D eigenvalue weighted by molar-refractivity contribution is 0.677. The zero-order valence-corrected chi connectivity index (χ0v) is 19.1. The minimum Gasteiger partial charge on any atom is -0.0651 e. The molecule has 0 bridgehead atoms. The van der Waals surface area contributed by atoms with Crippen LogP contribution in [0.5, 0.6) is 0 Å². The highest BCUT2D eigenvalue weighted by Crippen LogP contribution is 2.49. The third kappa shape index (κ3) is 2.83. The van der Waals surface area contributed by atoms with Crippen LogP contribution in [0.3, 0.4) is 0 Å². The lowest BCUT2D eigenvalue weighted by Gasteiger charge is -2.23. The monoisotopic (exact) mass is 482 g/mol. The second-order valence-electron chi connectivity index (χ2n) is 8.37. The van der Waals surface area contributed by atoms with E-state index in [4.69, 9.17) is 0 Å². The molecule has 3 aliphatic rings. The molecule has 0 saturated carbocycles. The second-order valence-corrected chi connectivity index (χ2v) is 10.1. The van der Waals surface area contributed by atoms with E-state index in [0.29, 0.717) is 5.92 Å². The molecule has 0 heterocycles. The number of hydrogen-bond acceptors (Lipinski definition) is 0. The fourth-order valence-electron chi connectivity index (χ4n) is 5.38. The molecule has 1 unspecified atom stereocenters. The number of rotatable bonds is 2. The van der Waals surface area contributed by atoms with Gasteiger partial charge in [-0.1, -0.05) is 61.2 Å². The molecule has 0 N–H and O–H groups in total. The first-order valence-electron chi connectivity index (χ1n) is 10.0. The number of halogens is 2. The fraction of sp³-hybridized carbons (Fsp3) is 0.360. The fourth-order valence-corrected chi connectivity index (χ4v) is 6.54. The number of hydrogen-bond donors (Lipinski definition) is 0. The van der Waals surface area contributed by atoms with Gasteiger partial charge in [0.2, 0.25) is 0 Å². The molecule has 0 fully saturated rings. The van der Waals surface area contributed by atoms with Crippen molar-refractivity contribution in [1.82, 2.24) is 0 Å². The van der Waals surface area contributed by atoms with Gasteiger partial charge in [0.05, 0.1) is 0 Å². The molecule has 0 saturated heterocycles. The highest BCUT2D eigenvalue weighted by molar-refractivity contribution is 9.10. The van der Waals surface area contributed by atoms with Crippen molar-refractivity contribution in [2.24, 2.45) is 0 Å². The van der Waals surface area contributed by atoms with E-state index in [9.17, 15) is 0 Å². The molecule has 5 rings (SSSR count). The summed E-state index contributed by atoms with van der Waals surface area (Å²) < 4.78 is 2.56. The summed E-state index contributed by atoms with van der Waals surface area (Å²) >= 11 is 7.64. The SMILES string of the molecule is CC1=Cc2c(Br)cccc2C1CC1=C(C)Cc2c1cc(Br)c1c2CCCC1. The Morgan fingerprint density at radius 2 is 1.74 bits per heavy atom. The molecular formula is C25H24Br2. The van der Waals surface area contributed by atoms with Crippen molar-refractivity contribution in [3.63, 3.8) is 0 Å². The van der Waals surface area contributed by atoms with Gasteiger partial charge in [-0.25, -0.2) is 0 Å². The Labute approximate surface area is 179 Å². The third-order valence-electron chi connectivity index (χ3n) is 6.79. The van der Waals surface area contributed by atoms with E-state index in [1.165, 1.54) is 56.9 Å². The summed E-state index contributed by atoms with van der Waals surface area (Å²) in [4.78, 5) is 0. The van der Waals surface area contributed by atoms with E-state index in [0.717, 1.165) is 12.8 Å². The smallest absolute Gasteiger partial charge is 0.0250 e. The summed E-state index contributed by atoms with van der Waals surface area (Å²) in [5, 5.41) is 0. The summed E-state index contributed by atoms with van der Waals surface area (Å²) in [7, 11) is 0. The summed E-state index contributed by atoms with van der Waals surface area (Å²) in [5.74, 6) is 0.503. The van der Waals surface area contributed by atoms with Crippen LogP contribution in [0.15, 0.2) is 44.4 Å². The van der Waals surface area contributed by atoms with Crippen LogP contribution in [0, 0.1) is 0 Å². The van der Waals surface area contributed by atoms with Gasteiger partial charge in [0.25, 0.3) is 0 Å². The van der Waals surface area contributed by atoms with Gasteiger partial charge in [-0.2, -0.15) is 0 Å². The van der Waals surface area contributed by atoms with Crippen LogP contribution in [-0.2, 0) is 19.3 Å². The predicted octanol–water partition coefficient (Wildman–Crippen LogP) is 8.01. The Morgan fingerprint density at radius 3 is 2.56 bits per heavy atom. The standard InChI is InChI=1S/C25H24Br2/c1-14-10-21-16-6-3-4-7-18(16)25(27)13-22(21)20(14)12-19-15(2)11-23-17(19)8-5-9-24(23)26/h5,8-9,11,13,19H,3-4,6-7,10,12H2,1-2H3. The molecule has 1 atom stereocenters. The van der Waals surface area contributed by atoms with Crippen LogP contribution in [0.25, 0.3) is 11.6 Å². The largest absolute Gasteiger partial charge is 0.0651 e. The first-order chi connectivity index (χ1) is 13.0. The maximum Gasteiger partial charge on any atom is 0.0250 e. The Hall–Kier alpha value is -1.12. The molecule has 3 aliphatic carbocycles. The Bertz CT molecular complexity index is 1020.